The molecular formula is C26H34N8O. The van der Waals surface area contributed by atoms with E-state index in [4.69, 9.17) is 0 Å². The minimum absolute atomic E-state index is 0.0103. The topological polar surface area (TPSA) is 107 Å². The first-order valence-corrected chi connectivity index (χ1v) is 12.3. The van der Waals surface area contributed by atoms with Gasteiger partial charge in [-0.3, -0.25) is 4.79 Å². The van der Waals surface area contributed by atoms with Gasteiger partial charge in [0.25, 0.3) is 0 Å². The van der Waals surface area contributed by atoms with Crippen molar-refractivity contribution in [2.45, 2.75) is 78.7 Å². The first-order chi connectivity index (χ1) is 16.8. The molecule has 0 saturated heterocycles. The number of rotatable bonds is 10. The van der Waals surface area contributed by atoms with Crippen LogP contribution in [0.25, 0.3) is 17.2 Å². The maximum absolute atomic E-state index is 12.4. The number of benzene rings is 1. The Balaban J connectivity index is 1.65. The number of unbranched alkanes of at least 4 members (excludes halogenated alkanes) is 1. The molecular weight excluding hydrogens is 440 g/mol. The minimum atomic E-state index is -0.0687. The normalized spacial score (nSPS) is 11.8. The lowest BCUT2D eigenvalue weighted by atomic mass is 9.92. The fourth-order valence-electron chi connectivity index (χ4n) is 4.15. The van der Waals surface area contributed by atoms with Crippen LogP contribution in [0.15, 0.2) is 36.4 Å². The van der Waals surface area contributed by atoms with E-state index >= 15 is 0 Å². The van der Waals surface area contributed by atoms with Gasteiger partial charge < -0.3 is 4.57 Å². The van der Waals surface area contributed by atoms with Crippen molar-refractivity contribution in [1.29, 1.82) is 0 Å². The molecule has 0 radical (unpaired) electrons. The molecule has 0 aliphatic heterocycles. The number of aromatic nitrogens is 8. The predicted octanol–water partition coefficient (Wildman–Crippen LogP) is 4.92. The zero-order valence-electron chi connectivity index (χ0n) is 21.2. The molecule has 3 aromatic heterocycles. The van der Waals surface area contributed by atoms with Crippen molar-refractivity contribution in [2.24, 2.45) is 0 Å². The van der Waals surface area contributed by atoms with Crippen LogP contribution in [0, 0.1) is 0 Å². The Bertz CT molecular complexity index is 1260. The summed E-state index contributed by atoms with van der Waals surface area (Å²) in [6.07, 6.45) is 4.16. The molecule has 0 aliphatic carbocycles. The van der Waals surface area contributed by atoms with Gasteiger partial charge in [0.1, 0.15) is 5.82 Å². The molecule has 184 valence electrons. The van der Waals surface area contributed by atoms with E-state index in [1.165, 1.54) is 0 Å². The van der Waals surface area contributed by atoms with E-state index < -0.39 is 0 Å². The fourth-order valence-corrected chi connectivity index (χ4v) is 4.15. The number of Topliss-reactive ketones (excluding diaryl/α,β-unsaturated/α-hetero) is 1. The Morgan fingerprint density at radius 2 is 1.80 bits per heavy atom. The molecule has 0 bridgehead atoms. The van der Waals surface area contributed by atoms with Crippen molar-refractivity contribution in [3.05, 3.63) is 59.3 Å². The Labute approximate surface area is 206 Å². The van der Waals surface area contributed by atoms with Gasteiger partial charge in [-0.05, 0) is 53.1 Å². The number of aromatic amines is 1. The SMILES string of the molecule is CCCCc1nc(C(=O)CCC)nn1Cc1ccc(-n2c(-c3nnn[nH]3)ccc2C(C)(C)C)cc1. The van der Waals surface area contributed by atoms with Crippen LogP contribution in [0.5, 0.6) is 0 Å². The lowest BCUT2D eigenvalue weighted by Gasteiger charge is -2.23. The number of nitrogens with zero attached hydrogens (tertiary/aromatic N) is 7. The highest BCUT2D eigenvalue weighted by atomic mass is 16.1. The van der Waals surface area contributed by atoms with Gasteiger partial charge in [-0.15, -0.1) is 10.2 Å². The molecule has 0 unspecified atom stereocenters. The van der Waals surface area contributed by atoms with Gasteiger partial charge in [-0.1, -0.05) is 53.2 Å². The number of nitrogens with one attached hydrogen (secondary N) is 1. The predicted molar refractivity (Wildman–Crippen MR) is 135 cm³/mol. The highest BCUT2D eigenvalue weighted by Crippen LogP contribution is 2.31. The summed E-state index contributed by atoms with van der Waals surface area (Å²) in [7, 11) is 0. The van der Waals surface area contributed by atoms with Gasteiger partial charge >= 0.3 is 0 Å². The van der Waals surface area contributed by atoms with Crippen molar-refractivity contribution in [3.63, 3.8) is 0 Å². The molecule has 0 atom stereocenters. The van der Waals surface area contributed by atoms with Gasteiger partial charge in [0, 0.05) is 29.6 Å². The number of hydrogen-bond acceptors (Lipinski definition) is 6. The Kier molecular flexibility index (Phi) is 7.23. The Morgan fingerprint density at radius 3 is 2.43 bits per heavy atom. The molecule has 35 heavy (non-hydrogen) atoms. The second-order valence-electron chi connectivity index (χ2n) is 9.89. The van der Waals surface area contributed by atoms with Crippen LogP contribution in [0.1, 0.15) is 88.0 Å². The lowest BCUT2D eigenvalue weighted by molar-refractivity contribution is 0.0971. The van der Waals surface area contributed by atoms with Crippen LogP contribution >= 0.6 is 0 Å². The van der Waals surface area contributed by atoms with Gasteiger partial charge in [0.05, 0.1) is 12.2 Å². The zero-order valence-corrected chi connectivity index (χ0v) is 21.2. The molecule has 0 aliphatic rings. The van der Waals surface area contributed by atoms with Gasteiger partial charge in [-0.2, -0.15) is 0 Å². The summed E-state index contributed by atoms with van der Waals surface area (Å²) in [6.45, 7) is 11.3. The van der Waals surface area contributed by atoms with Crippen LogP contribution < -0.4 is 0 Å². The molecule has 0 saturated carbocycles. The maximum Gasteiger partial charge on any atom is 0.217 e. The smallest absolute Gasteiger partial charge is 0.217 e. The number of tetrazole rings is 1. The summed E-state index contributed by atoms with van der Waals surface area (Å²) in [4.78, 5) is 17.0. The summed E-state index contributed by atoms with van der Waals surface area (Å²) < 4.78 is 4.07. The maximum atomic E-state index is 12.4. The summed E-state index contributed by atoms with van der Waals surface area (Å²) in [5.41, 5.74) is 4.12. The summed E-state index contributed by atoms with van der Waals surface area (Å²) in [6, 6.07) is 12.6. The zero-order chi connectivity index (χ0) is 25.0. The van der Waals surface area contributed by atoms with Crippen molar-refractivity contribution >= 4 is 5.78 Å². The van der Waals surface area contributed by atoms with Crippen LogP contribution in [0.4, 0.5) is 0 Å². The van der Waals surface area contributed by atoms with Crippen LogP contribution in [-0.2, 0) is 18.4 Å². The highest BCUT2D eigenvalue weighted by Gasteiger charge is 2.23. The van der Waals surface area contributed by atoms with Crippen LogP contribution in [0.2, 0.25) is 0 Å². The number of carbonyl (C=O) groups is 1. The monoisotopic (exact) mass is 474 g/mol. The van der Waals surface area contributed by atoms with Gasteiger partial charge in [0.2, 0.25) is 11.6 Å². The molecule has 0 spiro atoms. The molecule has 0 amide bonds. The largest absolute Gasteiger partial charge is 0.310 e. The fraction of sp³-hybridized carbons (Fsp3) is 0.462. The highest BCUT2D eigenvalue weighted by molar-refractivity contribution is 5.92. The molecule has 3 heterocycles. The number of hydrogen-bond donors (Lipinski definition) is 1. The first-order valence-electron chi connectivity index (χ1n) is 12.3. The van der Waals surface area contributed by atoms with E-state index in [-0.39, 0.29) is 11.2 Å². The molecule has 1 N–H and O–H groups in total. The standard InChI is InChI=1S/C26H34N8O/c1-6-8-10-23-27-25(21(35)9-7-2)30-33(23)17-18-11-13-19(14-12-18)34-20(24-28-31-32-29-24)15-16-22(34)26(3,4)5/h11-16H,6-10,17H2,1-5H3,(H,28,29,31,32). The first kappa shape index (κ1) is 24.5. The van der Waals surface area contributed by atoms with E-state index in [9.17, 15) is 4.79 Å². The number of aryl methyl sites for hydroxylation is 1. The van der Waals surface area contributed by atoms with Crippen molar-refractivity contribution in [3.8, 4) is 17.2 Å². The molecule has 4 aromatic rings. The number of ketones is 1. The summed E-state index contributed by atoms with van der Waals surface area (Å²) in [5, 5.41) is 19.1. The molecule has 0 fully saturated rings. The third kappa shape index (κ3) is 5.39. The van der Waals surface area contributed by atoms with E-state index in [1.54, 1.807) is 0 Å². The van der Waals surface area contributed by atoms with Crippen molar-refractivity contribution in [2.75, 3.05) is 0 Å². The quantitative estimate of drug-likeness (QED) is 0.327. The average molecular weight is 475 g/mol. The minimum Gasteiger partial charge on any atom is -0.310 e. The summed E-state index contributed by atoms with van der Waals surface area (Å²) >= 11 is 0. The van der Waals surface area contributed by atoms with Crippen molar-refractivity contribution < 1.29 is 4.79 Å². The van der Waals surface area contributed by atoms with Gasteiger partial charge in [-0.25, -0.2) is 14.8 Å². The van der Waals surface area contributed by atoms with Crippen molar-refractivity contribution in [1.82, 2.24) is 40.0 Å². The number of H-pyrrole nitrogens is 1. The Hall–Kier alpha value is -3.62. The third-order valence-electron chi connectivity index (χ3n) is 5.99. The van der Waals surface area contributed by atoms with E-state index in [2.05, 4.69) is 93.3 Å². The summed E-state index contributed by atoms with van der Waals surface area (Å²) in [5.74, 6) is 1.84. The molecule has 4 rings (SSSR count). The van der Waals surface area contributed by atoms with Crippen LogP contribution in [-0.4, -0.2) is 45.7 Å². The van der Waals surface area contributed by atoms with Crippen LogP contribution in [0.3, 0.4) is 0 Å². The second-order valence-corrected chi connectivity index (χ2v) is 9.89. The Morgan fingerprint density at radius 1 is 1.03 bits per heavy atom. The van der Waals surface area contributed by atoms with E-state index in [0.29, 0.717) is 24.6 Å². The van der Waals surface area contributed by atoms with E-state index in [0.717, 1.165) is 54.1 Å². The van der Waals surface area contributed by atoms with Gasteiger partial charge in [0.15, 0.2) is 5.82 Å². The average Bonchev–Trinajstić information content (AvgIpc) is 3.57. The lowest BCUT2D eigenvalue weighted by Crippen LogP contribution is -2.17. The molecule has 9 nitrogen and oxygen atoms in total. The van der Waals surface area contributed by atoms with E-state index in [1.807, 2.05) is 17.7 Å². The third-order valence-corrected chi connectivity index (χ3v) is 5.99. The molecule has 9 heteroatoms. The molecule has 1 aromatic carbocycles. The second kappa shape index (κ2) is 10.3. The number of carbonyl (C=O) groups excluding carboxylic acids is 1.